The first-order valence-electron chi connectivity index (χ1n) is 8.15. The van der Waals surface area contributed by atoms with Crippen molar-refractivity contribution in [1.29, 1.82) is 0 Å². The number of amides is 1. The minimum absolute atomic E-state index is 0.0312. The molecule has 0 radical (unpaired) electrons. The van der Waals surface area contributed by atoms with Crippen LogP contribution in [-0.4, -0.2) is 15.5 Å². The molecule has 122 valence electrons. The Kier molecular flexibility index (Phi) is 4.01. The van der Waals surface area contributed by atoms with Gasteiger partial charge in [0, 0.05) is 18.1 Å². The quantitative estimate of drug-likeness (QED) is 0.611. The summed E-state index contributed by atoms with van der Waals surface area (Å²) in [6.45, 7) is 0. The Morgan fingerprint density at radius 3 is 2.48 bits per heavy atom. The van der Waals surface area contributed by atoms with Crippen molar-refractivity contribution in [3.8, 4) is 11.1 Å². The molecule has 0 atom stereocenters. The van der Waals surface area contributed by atoms with Crippen molar-refractivity contribution in [1.82, 2.24) is 9.61 Å². The smallest absolute Gasteiger partial charge is 0.228 e. The second kappa shape index (κ2) is 6.61. The molecule has 1 amide bonds. The molecule has 4 aromatic rings. The van der Waals surface area contributed by atoms with Gasteiger partial charge in [-0.1, -0.05) is 54.6 Å². The molecule has 4 heteroatoms. The fourth-order valence-electron chi connectivity index (χ4n) is 2.84. The molecule has 0 aliphatic rings. The molecule has 0 aliphatic heterocycles. The van der Waals surface area contributed by atoms with Crippen molar-refractivity contribution >= 4 is 17.1 Å². The summed E-state index contributed by atoms with van der Waals surface area (Å²) >= 11 is 0. The number of carbonyl (C=O) groups is 1. The van der Waals surface area contributed by atoms with Crippen LogP contribution in [0, 0.1) is 0 Å². The lowest BCUT2D eigenvalue weighted by molar-refractivity contribution is -0.115. The Bertz CT molecular complexity index is 1000. The molecule has 2 aromatic heterocycles. The van der Waals surface area contributed by atoms with Gasteiger partial charge in [-0.15, -0.1) is 0 Å². The van der Waals surface area contributed by atoms with E-state index in [1.807, 2.05) is 54.7 Å². The van der Waals surface area contributed by atoms with Gasteiger partial charge in [-0.2, -0.15) is 5.10 Å². The van der Waals surface area contributed by atoms with Crippen molar-refractivity contribution in [2.45, 2.75) is 6.42 Å². The number of anilines is 1. The third-order valence-corrected chi connectivity index (χ3v) is 4.11. The van der Waals surface area contributed by atoms with Gasteiger partial charge in [-0.05, 0) is 34.9 Å². The lowest BCUT2D eigenvalue weighted by Gasteiger charge is -2.07. The highest BCUT2D eigenvalue weighted by molar-refractivity contribution is 5.92. The van der Waals surface area contributed by atoms with Gasteiger partial charge < -0.3 is 5.32 Å². The first-order chi connectivity index (χ1) is 12.3. The molecule has 0 spiro atoms. The molecule has 0 aliphatic carbocycles. The van der Waals surface area contributed by atoms with E-state index in [9.17, 15) is 4.79 Å². The van der Waals surface area contributed by atoms with Crippen LogP contribution in [0.4, 0.5) is 5.69 Å². The molecule has 2 heterocycles. The summed E-state index contributed by atoms with van der Waals surface area (Å²) in [5, 5.41) is 7.08. The summed E-state index contributed by atoms with van der Waals surface area (Å²) < 4.78 is 1.76. The normalized spacial score (nSPS) is 10.7. The van der Waals surface area contributed by atoms with Crippen LogP contribution in [0.3, 0.4) is 0 Å². The van der Waals surface area contributed by atoms with E-state index in [0.29, 0.717) is 6.42 Å². The number of hydrogen-bond acceptors (Lipinski definition) is 2. The second-order valence-corrected chi connectivity index (χ2v) is 5.90. The summed E-state index contributed by atoms with van der Waals surface area (Å²) in [6.07, 6.45) is 3.91. The van der Waals surface area contributed by atoms with Crippen LogP contribution in [0.2, 0.25) is 0 Å². The minimum Gasteiger partial charge on any atom is -0.326 e. The number of nitrogens with one attached hydrogen (secondary N) is 1. The monoisotopic (exact) mass is 327 g/mol. The standard InChI is InChI=1S/C21H17N3O/c25-21(23-19-11-13-24-20(15-19)10-12-22-24)14-16-6-8-18(9-7-16)17-4-2-1-3-5-17/h1-13,15H,14H2,(H,23,25). The molecular formula is C21H17N3O. The molecule has 4 rings (SSSR count). The van der Waals surface area contributed by atoms with Gasteiger partial charge in [-0.25, -0.2) is 4.52 Å². The molecule has 0 unspecified atom stereocenters. The SMILES string of the molecule is O=C(Cc1ccc(-c2ccccc2)cc1)Nc1ccn2nccc2c1. The third kappa shape index (κ3) is 3.43. The minimum atomic E-state index is -0.0312. The van der Waals surface area contributed by atoms with E-state index < -0.39 is 0 Å². The Hall–Kier alpha value is -3.40. The van der Waals surface area contributed by atoms with Gasteiger partial charge in [-0.3, -0.25) is 4.79 Å². The molecule has 0 saturated carbocycles. The van der Waals surface area contributed by atoms with E-state index in [0.717, 1.165) is 22.3 Å². The number of aromatic nitrogens is 2. The molecule has 1 N–H and O–H groups in total. The predicted octanol–water partition coefficient (Wildman–Crippen LogP) is 4.18. The van der Waals surface area contributed by atoms with Crippen LogP contribution in [0.1, 0.15) is 5.56 Å². The van der Waals surface area contributed by atoms with Crippen LogP contribution in [0.25, 0.3) is 16.6 Å². The number of pyridine rings is 1. The average molecular weight is 327 g/mol. The summed E-state index contributed by atoms with van der Waals surface area (Å²) in [7, 11) is 0. The number of carbonyl (C=O) groups excluding carboxylic acids is 1. The van der Waals surface area contributed by atoms with E-state index in [4.69, 9.17) is 0 Å². The first-order valence-corrected chi connectivity index (χ1v) is 8.15. The fraction of sp³-hybridized carbons (Fsp3) is 0.0476. The maximum absolute atomic E-state index is 12.3. The second-order valence-electron chi connectivity index (χ2n) is 5.90. The Labute approximate surface area is 145 Å². The largest absolute Gasteiger partial charge is 0.326 e. The highest BCUT2D eigenvalue weighted by atomic mass is 16.1. The van der Waals surface area contributed by atoms with Gasteiger partial charge in [0.2, 0.25) is 5.91 Å². The lowest BCUT2D eigenvalue weighted by atomic mass is 10.0. The highest BCUT2D eigenvalue weighted by Gasteiger charge is 2.06. The number of fused-ring (bicyclic) bond motifs is 1. The number of hydrogen-bond donors (Lipinski definition) is 1. The van der Waals surface area contributed by atoms with Gasteiger partial charge in [0.05, 0.1) is 11.9 Å². The van der Waals surface area contributed by atoms with E-state index in [1.54, 1.807) is 10.7 Å². The Balaban J connectivity index is 1.43. The topological polar surface area (TPSA) is 46.4 Å². The van der Waals surface area contributed by atoms with E-state index >= 15 is 0 Å². The summed E-state index contributed by atoms with van der Waals surface area (Å²) in [6, 6.07) is 24.0. The van der Waals surface area contributed by atoms with Crippen molar-refractivity contribution in [2.24, 2.45) is 0 Å². The zero-order valence-corrected chi connectivity index (χ0v) is 13.6. The molecule has 0 fully saturated rings. The maximum Gasteiger partial charge on any atom is 0.228 e. The van der Waals surface area contributed by atoms with Crippen molar-refractivity contribution in [3.05, 3.63) is 90.8 Å². The van der Waals surface area contributed by atoms with Crippen LogP contribution >= 0.6 is 0 Å². The molecule has 2 aromatic carbocycles. The zero-order chi connectivity index (χ0) is 17.1. The third-order valence-electron chi connectivity index (χ3n) is 4.11. The van der Waals surface area contributed by atoms with Crippen LogP contribution in [-0.2, 0) is 11.2 Å². The van der Waals surface area contributed by atoms with E-state index in [-0.39, 0.29) is 5.91 Å². The first kappa shape index (κ1) is 15.1. The molecule has 25 heavy (non-hydrogen) atoms. The lowest BCUT2D eigenvalue weighted by Crippen LogP contribution is -2.14. The number of rotatable bonds is 4. The van der Waals surface area contributed by atoms with Crippen molar-refractivity contribution in [2.75, 3.05) is 5.32 Å². The van der Waals surface area contributed by atoms with E-state index in [1.165, 1.54) is 5.56 Å². The number of benzene rings is 2. The van der Waals surface area contributed by atoms with E-state index in [2.05, 4.69) is 34.7 Å². The average Bonchev–Trinajstić information content (AvgIpc) is 3.11. The van der Waals surface area contributed by atoms with Gasteiger partial charge >= 0.3 is 0 Å². The summed E-state index contributed by atoms with van der Waals surface area (Å²) in [5.74, 6) is -0.0312. The van der Waals surface area contributed by atoms with Crippen molar-refractivity contribution < 1.29 is 4.79 Å². The molecular weight excluding hydrogens is 310 g/mol. The van der Waals surface area contributed by atoms with Gasteiger partial charge in [0.25, 0.3) is 0 Å². The van der Waals surface area contributed by atoms with Gasteiger partial charge in [0.15, 0.2) is 0 Å². The van der Waals surface area contributed by atoms with Crippen molar-refractivity contribution in [3.63, 3.8) is 0 Å². The molecule has 0 bridgehead atoms. The van der Waals surface area contributed by atoms with Crippen LogP contribution in [0.15, 0.2) is 85.2 Å². The van der Waals surface area contributed by atoms with Crippen LogP contribution in [0.5, 0.6) is 0 Å². The summed E-state index contributed by atoms with van der Waals surface area (Å²) in [4.78, 5) is 12.3. The zero-order valence-electron chi connectivity index (χ0n) is 13.6. The van der Waals surface area contributed by atoms with Crippen LogP contribution < -0.4 is 5.32 Å². The molecule has 4 nitrogen and oxygen atoms in total. The Morgan fingerprint density at radius 1 is 0.920 bits per heavy atom. The molecule has 0 saturated heterocycles. The highest BCUT2D eigenvalue weighted by Crippen LogP contribution is 2.19. The van der Waals surface area contributed by atoms with Gasteiger partial charge in [0.1, 0.15) is 0 Å². The predicted molar refractivity (Wildman–Crippen MR) is 99.4 cm³/mol. The summed E-state index contributed by atoms with van der Waals surface area (Å²) in [5.41, 5.74) is 5.04. The fourth-order valence-corrected chi connectivity index (χ4v) is 2.84. The Morgan fingerprint density at radius 2 is 1.68 bits per heavy atom. The maximum atomic E-state index is 12.3. The number of nitrogens with zero attached hydrogens (tertiary/aromatic N) is 2.